The van der Waals surface area contributed by atoms with E-state index in [1.54, 1.807) is 6.26 Å². The van der Waals surface area contributed by atoms with Gasteiger partial charge in [0.2, 0.25) is 5.89 Å². The van der Waals surface area contributed by atoms with E-state index >= 15 is 0 Å². The molecule has 4 nitrogen and oxygen atoms in total. The zero-order valence-corrected chi connectivity index (χ0v) is 13.5. The molecule has 1 aliphatic heterocycles. The van der Waals surface area contributed by atoms with Gasteiger partial charge in [-0.25, -0.2) is 4.98 Å². The Bertz CT molecular complexity index is 582. The van der Waals surface area contributed by atoms with Crippen molar-refractivity contribution in [3.63, 3.8) is 0 Å². The van der Waals surface area contributed by atoms with E-state index in [0.717, 1.165) is 30.9 Å². The second-order valence-corrected chi connectivity index (χ2v) is 5.65. The van der Waals surface area contributed by atoms with Gasteiger partial charge in [0.25, 0.3) is 0 Å². The van der Waals surface area contributed by atoms with Crippen LogP contribution in [0.1, 0.15) is 12.1 Å². The molecule has 0 amide bonds. The van der Waals surface area contributed by atoms with E-state index in [2.05, 4.69) is 22.2 Å². The summed E-state index contributed by atoms with van der Waals surface area (Å²) in [6.45, 7) is 2.95. The summed E-state index contributed by atoms with van der Waals surface area (Å²) in [4.78, 5) is 6.86. The third kappa shape index (κ3) is 3.98. The molecule has 1 atom stereocenters. The molecule has 1 unspecified atom stereocenters. The molecule has 2 aromatic rings. The van der Waals surface area contributed by atoms with Crippen LogP contribution in [-0.4, -0.2) is 36.1 Å². The number of aromatic nitrogens is 1. The minimum absolute atomic E-state index is 0. The third-order valence-electron chi connectivity index (χ3n) is 3.69. The summed E-state index contributed by atoms with van der Waals surface area (Å²) in [5.74, 6) is 0.625. The molecule has 0 saturated carbocycles. The number of nitrogens with zero attached hydrogens (tertiary/aromatic N) is 2. The van der Waals surface area contributed by atoms with Crippen LogP contribution in [-0.2, 0) is 6.54 Å². The van der Waals surface area contributed by atoms with Crippen LogP contribution in [0.15, 0.2) is 34.9 Å². The lowest BCUT2D eigenvalue weighted by Gasteiger charge is -2.21. The molecule has 1 aromatic carbocycles. The van der Waals surface area contributed by atoms with E-state index in [1.165, 1.54) is 6.42 Å². The smallest absolute Gasteiger partial charge is 0.226 e. The Morgan fingerprint density at radius 2 is 2.33 bits per heavy atom. The van der Waals surface area contributed by atoms with E-state index < -0.39 is 0 Å². The van der Waals surface area contributed by atoms with Gasteiger partial charge < -0.3 is 9.73 Å². The summed E-state index contributed by atoms with van der Waals surface area (Å²) >= 11 is 5.99. The summed E-state index contributed by atoms with van der Waals surface area (Å²) in [5.41, 5.74) is 1.86. The van der Waals surface area contributed by atoms with Crippen molar-refractivity contribution in [2.75, 3.05) is 20.1 Å². The maximum Gasteiger partial charge on any atom is 0.226 e. The number of likely N-dealkylation sites (N-methyl/N-ethyl adjacent to an activating group) is 1. The van der Waals surface area contributed by atoms with Crippen LogP contribution in [0.3, 0.4) is 0 Å². The first-order chi connectivity index (χ1) is 9.72. The summed E-state index contributed by atoms with van der Waals surface area (Å²) in [6, 6.07) is 8.14. The lowest BCUT2D eigenvalue weighted by atomic mass is 10.2. The Morgan fingerprint density at radius 1 is 1.48 bits per heavy atom. The molecule has 0 bridgehead atoms. The van der Waals surface area contributed by atoms with Crippen molar-refractivity contribution in [3.8, 4) is 11.5 Å². The Kier molecular flexibility index (Phi) is 5.65. The van der Waals surface area contributed by atoms with Gasteiger partial charge in [-0.3, -0.25) is 4.90 Å². The number of rotatable bonds is 4. The largest absolute Gasteiger partial charge is 0.444 e. The van der Waals surface area contributed by atoms with Crippen LogP contribution in [0, 0.1) is 0 Å². The highest BCUT2D eigenvalue weighted by Crippen LogP contribution is 2.22. The Balaban J connectivity index is 0.00000161. The first kappa shape index (κ1) is 16.3. The molecule has 0 aliphatic carbocycles. The average molecular weight is 328 g/mol. The van der Waals surface area contributed by atoms with E-state index in [1.807, 2.05) is 24.3 Å². The van der Waals surface area contributed by atoms with Crippen LogP contribution in [0.2, 0.25) is 5.02 Å². The van der Waals surface area contributed by atoms with E-state index in [-0.39, 0.29) is 12.4 Å². The summed E-state index contributed by atoms with van der Waals surface area (Å²) in [6.07, 6.45) is 2.92. The van der Waals surface area contributed by atoms with Gasteiger partial charge in [-0.05, 0) is 38.2 Å². The van der Waals surface area contributed by atoms with Crippen molar-refractivity contribution >= 4 is 24.0 Å². The van der Waals surface area contributed by atoms with Gasteiger partial charge in [-0.15, -0.1) is 12.4 Å². The number of oxazole rings is 1. The molecule has 1 saturated heterocycles. The van der Waals surface area contributed by atoms with E-state index in [0.29, 0.717) is 17.0 Å². The number of benzene rings is 1. The zero-order valence-electron chi connectivity index (χ0n) is 11.9. The second kappa shape index (κ2) is 7.27. The van der Waals surface area contributed by atoms with Crippen molar-refractivity contribution in [1.82, 2.24) is 15.2 Å². The fraction of sp³-hybridized carbons (Fsp3) is 0.400. The Labute approximate surface area is 135 Å². The lowest BCUT2D eigenvalue weighted by Crippen LogP contribution is -2.32. The van der Waals surface area contributed by atoms with Gasteiger partial charge in [-0.1, -0.05) is 17.7 Å². The van der Waals surface area contributed by atoms with Crippen molar-refractivity contribution in [2.45, 2.75) is 19.0 Å². The summed E-state index contributed by atoms with van der Waals surface area (Å²) in [7, 11) is 2.13. The number of hydrogen-bond acceptors (Lipinski definition) is 4. The van der Waals surface area contributed by atoms with Gasteiger partial charge in [0.05, 0.1) is 5.69 Å². The van der Waals surface area contributed by atoms with Crippen LogP contribution in [0.5, 0.6) is 0 Å². The van der Waals surface area contributed by atoms with Gasteiger partial charge in [0.15, 0.2) is 0 Å². The number of hydrogen-bond donors (Lipinski definition) is 1. The molecule has 1 aliphatic rings. The predicted molar refractivity (Wildman–Crippen MR) is 86.9 cm³/mol. The second-order valence-electron chi connectivity index (χ2n) is 5.22. The molecule has 114 valence electrons. The van der Waals surface area contributed by atoms with E-state index in [4.69, 9.17) is 16.0 Å². The Morgan fingerprint density at radius 3 is 3.05 bits per heavy atom. The summed E-state index contributed by atoms with van der Waals surface area (Å²) < 4.78 is 5.56. The predicted octanol–water partition coefficient (Wildman–Crippen LogP) is 3.21. The molecule has 1 N–H and O–H groups in total. The van der Waals surface area contributed by atoms with Gasteiger partial charge in [0, 0.05) is 29.7 Å². The average Bonchev–Trinajstić information content (AvgIpc) is 3.10. The highest BCUT2D eigenvalue weighted by Gasteiger charge is 2.20. The maximum absolute atomic E-state index is 5.99. The molecule has 2 heterocycles. The third-order valence-corrected chi connectivity index (χ3v) is 3.93. The molecule has 0 radical (unpaired) electrons. The number of nitrogens with one attached hydrogen (secondary N) is 1. The quantitative estimate of drug-likeness (QED) is 0.936. The van der Waals surface area contributed by atoms with Crippen LogP contribution >= 0.6 is 24.0 Å². The molecular weight excluding hydrogens is 309 g/mol. The Hall–Kier alpha value is -1.07. The van der Waals surface area contributed by atoms with Crippen LogP contribution in [0.25, 0.3) is 11.5 Å². The van der Waals surface area contributed by atoms with Gasteiger partial charge >= 0.3 is 0 Å². The van der Waals surface area contributed by atoms with Crippen molar-refractivity contribution in [1.29, 1.82) is 0 Å². The fourth-order valence-corrected chi connectivity index (χ4v) is 2.72. The molecule has 0 spiro atoms. The molecule has 1 fully saturated rings. The van der Waals surface area contributed by atoms with Crippen LogP contribution < -0.4 is 5.32 Å². The maximum atomic E-state index is 5.99. The molecule has 3 rings (SSSR count). The topological polar surface area (TPSA) is 41.3 Å². The van der Waals surface area contributed by atoms with Crippen LogP contribution in [0.4, 0.5) is 0 Å². The summed E-state index contributed by atoms with van der Waals surface area (Å²) in [5, 5.41) is 4.07. The monoisotopic (exact) mass is 327 g/mol. The van der Waals surface area contributed by atoms with Crippen molar-refractivity contribution < 1.29 is 4.42 Å². The number of halogens is 2. The van der Waals surface area contributed by atoms with Crippen molar-refractivity contribution in [2.24, 2.45) is 0 Å². The highest BCUT2D eigenvalue weighted by molar-refractivity contribution is 6.30. The van der Waals surface area contributed by atoms with E-state index in [9.17, 15) is 0 Å². The fourth-order valence-electron chi connectivity index (χ4n) is 2.53. The minimum atomic E-state index is 0. The van der Waals surface area contributed by atoms with Gasteiger partial charge in [-0.2, -0.15) is 0 Å². The normalized spacial score (nSPS) is 18.0. The SMILES string of the molecule is CN(Cc1coc(-c2cccc(Cl)c2)n1)C1CCNC1.Cl. The first-order valence-electron chi connectivity index (χ1n) is 6.83. The molecule has 21 heavy (non-hydrogen) atoms. The van der Waals surface area contributed by atoms with Gasteiger partial charge in [0.1, 0.15) is 6.26 Å². The first-order valence-corrected chi connectivity index (χ1v) is 7.21. The minimum Gasteiger partial charge on any atom is -0.444 e. The standard InChI is InChI=1S/C15H18ClN3O.ClH/c1-19(14-5-6-17-8-14)9-13-10-20-15(18-13)11-3-2-4-12(16)7-11;/h2-4,7,10,14,17H,5-6,8-9H2,1H3;1H. The molecular formula is C15H19Cl2N3O. The van der Waals surface area contributed by atoms with Crippen molar-refractivity contribution in [3.05, 3.63) is 41.2 Å². The highest BCUT2D eigenvalue weighted by atomic mass is 35.5. The molecule has 1 aromatic heterocycles. The molecule has 6 heteroatoms. The zero-order chi connectivity index (χ0) is 13.9. The lowest BCUT2D eigenvalue weighted by molar-refractivity contribution is 0.246.